The van der Waals surface area contributed by atoms with E-state index in [4.69, 9.17) is 4.74 Å². The molecule has 134 valence electrons. The van der Waals surface area contributed by atoms with Crippen LogP contribution in [0.1, 0.15) is 0 Å². The fourth-order valence-corrected chi connectivity index (χ4v) is 4.77. The van der Waals surface area contributed by atoms with Crippen molar-refractivity contribution < 1.29 is 8.95 Å². The third-order valence-corrected chi connectivity index (χ3v) is 6.29. The molecule has 5 nitrogen and oxygen atoms in total. The number of aromatic nitrogens is 1. The van der Waals surface area contributed by atoms with E-state index >= 15 is 0 Å². The van der Waals surface area contributed by atoms with E-state index in [1.54, 1.807) is 13.3 Å². The number of hydrogen-bond acceptors (Lipinski definition) is 4. The summed E-state index contributed by atoms with van der Waals surface area (Å²) >= 11 is 0. The molecule has 1 aliphatic heterocycles. The van der Waals surface area contributed by atoms with Gasteiger partial charge in [0.25, 0.3) is 0 Å². The van der Waals surface area contributed by atoms with Crippen LogP contribution in [0.15, 0.2) is 65.7 Å². The lowest BCUT2D eigenvalue weighted by Gasteiger charge is -2.34. The first kappa shape index (κ1) is 17.0. The molecule has 0 radical (unpaired) electrons. The zero-order chi connectivity index (χ0) is 17.9. The van der Waals surface area contributed by atoms with Gasteiger partial charge in [-0.25, -0.2) is 13.5 Å². The molecule has 6 heteroatoms. The molecular formula is C20H21N3O2S. The summed E-state index contributed by atoms with van der Waals surface area (Å²) in [5, 5.41) is 2.06. The molecule has 0 bridgehead atoms. The van der Waals surface area contributed by atoms with Crippen molar-refractivity contribution in [2.24, 2.45) is 0 Å². The molecule has 2 heterocycles. The van der Waals surface area contributed by atoms with E-state index in [1.807, 2.05) is 58.9 Å². The van der Waals surface area contributed by atoms with Gasteiger partial charge in [0, 0.05) is 37.8 Å². The molecule has 1 aromatic heterocycles. The third-order valence-electron chi connectivity index (χ3n) is 4.68. The van der Waals surface area contributed by atoms with Crippen LogP contribution in [0.3, 0.4) is 0 Å². The quantitative estimate of drug-likeness (QED) is 0.711. The summed E-state index contributed by atoms with van der Waals surface area (Å²) in [6.45, 7) is 3.04. The first-order valence-corrected chi connectivity index (χ1v) is 9.77. The summed E-state index contributed by atoms with van der Waals surface area (Å²) in [4.78, 5) is 7.40. The summed E-state index contributed by atoms with van der Waals surface area (Å²) in [5.74, 6) is 1.65. The van der Waals surface area contributed by atoms with Crippen molar-refractivity contribution in [3.05, 3.63) is 60.8 Å². The molecule has 4 rings (SSSR count). The summed E-state index contributed by atoms with van der Waals surface area (Å²) in [7, 11) is 0.363. The van der Waals surface area contributed by atoms with Gasteiger partial charge in [-0.2, -0.15) is 0 Å². The van der Waals surface area contributed by atoms with E-state index < -0.39 is 11.0 Å². The van der Waals surface area contributed by atoms with E-state index in [1.165, 1.54) is 0 Å². The van der Waals surface area contributed by atoms with Crippen LogP contribution in [0.2, 0.25) is 0 Å². The number of hydrogen-bond donors (Lipinski definition) is 0. The minimum atomic E-state index is -1.27. The second-order valence-electron chi connectivity index (χ2n) is 6.17. The first-order valence-electron chi connectivity index (χ1n) is 8.66. The average molecular weight is 367 g/mol. The molecule has 2 aromatic carbocycles. The number of rotatable bonds is 4. The average Bonchev–Trinajstić information content (AvgIpc) is 2.73. The predicted molar refractivity (Wildman–Crippen MR) is 105 cm³/mol. The molecule has 0 amide bonds. The zero-order valence-electron chi connectivity index (χ0n) is 14.7. The van der Waals surface area contributed by atoms with E-state index in [0.29, 0.717) is 5.75 Å². The third kappa shape index (κ3) is 3.18. The van der Waals surface area contributed by atoms with Crippen LogP contribution < -0.4 is 9.64 Å². The van der Waals surface area contributed by atoms with Gasteiger partial charge in [0.2, 0.25) is 0 Å². The normalized spacial score (nSPS) is 16.6. The molecule has 1 saturated heterocycles. The van der Waals surface area contributed by atoms with Crippen molar-refractivity contribution in [3.63, 3.8) is 0 Å². The van der Waals surface area contributed by atoms with Crippen molar-refractivity contribution >= 4 is 27.6 Å². The Balaban J connectivity index is 1.58. The van der Waals surface area contributed by atoms with Crippen molar-refractivity contribution in [2.75, 3.05) is 38.2 Å². The maximum atomic E-state index is 13.4. The highest BCUT2D eigenvalue weighted by molar-refractivity contribution is 7.83. The molecule has 0 aliphatic carbocycles. The fraction of sp³-hybridized carbons (Fsp3) is 0.250. The van der Waals surface area contributed by atoms with Gasteiger partial charge in [0.1, 0.15) is 27.4 Å². The van der Waals surface area contributed by atoms with Crippen LogP contribution in [0.5, 0.6) is 5.75 Å². The topological polar surface area (TPSA) is 45.7 Å². The maximum absolute atomic E-state index is 13.4. The molecule has 0 unspecified atom stereocenters. The molecule has 26 heavy (non-hydrogen) atoms. The monoisotopic (exact) mass is 367 g/mol. The summed E-state index contributed by atoms with van der Waals surface area (Å²) in [6, 6.07) is 17.8. The summed E-state index contributed by atoms with van der Waals surface area (Å²) in [6.07, 6.45) is 1.81. The highest BCUT2D eigenvalue weighted by Gasteiger charge is 2.26. The van der Waals surface area contributed by atoms with E-state index in [-0.39, 0.29) is 0 Å². The highest BCUT2D eigenvalue weighted by atomic mass is 32.2. The molecule has 1 fully saturated rings. The van der Waals surface area contributed by atoms with Gasteiger partial charge in [-0.15, -0.1) is 0 Å². The number of pyridine rings is 1. The molecule has 0 spiro atoms. The minimum Gasteiger partial charge on any atom is -0.495 e. The van der Waals surface area contributed by atoms with Gasteiger partial charge in [-0.1, -0.05) is 36.4 Å². The van der Waals surface area contributed by atoms with Gasteiger partial charge in [-0.3, -0.25) is 0 Å². The minimum absolute atomic E-state index is 0.675. The molecule has 0 N–H and O–H groups in total. The lowest BCUT2D eigenvalue weighted by molar-refractivity contribution is 0.393. The molecule has 1 aliphatic rings. The Hall–Kier alpha value is -2.44. The predicted octanol–water partition coefficient (Wildman–Crippen LogP) is 3.09. The van der Waals surface area contributed by atoms with Crippen LogP contribution in [0.4, 0.5) is 5.82 Å². The molecule has 0 saturated carbocycles. The van der Waals surface area contributed by atoms with Gasteiger partial charge in [-0.05, 0) is 23.6 Å². The summed E-state index contributed by atoms with van der Waals surface area (Å²) < 4.78 is 20.9. The van der Waals surface area contributed by atoms with Gasteiger partial charge in [0.15, 0.2) is 0 Å². The van der Waals surface area contributed by atoms with Crippen LogP contribution in [-0.2, 0) is 11.0 Å². The Bertz CT molecular complexity index is 925. The SMILES string of the molecule is COc1ccc2ccccc2c1[S@@](=O)N1CCN(c2ccccn2)CC1. The number of piperazine rings is 1. The van der Waals surface area contributed by atoms with Crippen LogP contribution >= 0.6 is 0 Å². The van der Waals surface area contributed by atoms with Crippen LogP contribution in [0.25, 0.3) is 10.8 Å². The second kappa shape index (κ2) is 7.43. The number of ether oxygens (including phenoxy) is 1. The van der Waals surface area contributed by atoms with Crippen molar-refractivity contribution in [1.29, 1.82) is 0 Å². The number of benzene rings is 2. The Kier molecular flexibility index (Phi) is 4.86. The Morgan fingerprint density at radius 1 is 0.962 bits per heavy atom. The largest absolute Gasteiger partial charge is 0.495 e. The smallest absolute Gasteiger partial charge is 0.137 e. The van der Waals surface area contributed by atoms with Crippen LogP contribution in [0, 0.1) is 0 Å². The molecular weight excluding hydrogens is 346 g/mol. The lowest BCUT2D eigenvalue weighted by atomic mass is 10.1. The van der Waals surface area contributed by atoms with Gasteiger partial charge >= 0.3 is 0 Å². The van der Waals surface area contributed by atoms with E-state index in [2.05, 4.69) is 9.88 Å². The van der Waals surface area contributed by atoms with E-state index in [0.717, 1.165) is 47.7 Å². The van der Waals surface area contributed by atoms with Crippen molar-refractivity contribution in [3.8, 4) is 5.75 Å². The lowest BCUT2D eigenvalue weighted by Crippen LogP contribution is -2.47. The first-order chi connectivity index (χ1) is 12.8. The standard InChI is InChI=1S/C20H21N3O2S/c1-25-18-10-9-16-6-2-3-7-17(16)20(18)26(24)23-14-12-22(13-15-23)19-8-4-5-11-21-19/h2-11H,12-15H2,1H3/t26-/m1/s1. The number of fused-ring (bicyclic) bond motifs is 1. The Labute approximate surface area is 155 Å². The molecule has 1 atom stereocenters. The number of methoxy groups -OCH3 is 1. The van der Waals surface area contributed by atoms with Crippen molar-refractivity contribution in [2.45, 2.75) is 4.90 Å². The number of nitrogens with zero attached hydrogens (tertiary/aromatic N) is 3. The van der Waals surface area contributed by atoms with E-state index in [9.17, 15) is 4.21 Å². The zero-order valence-corrected chi connectivity index (χ0v) is 15.5. The fourth-order valence-electron chi connectivity index (χ4n) is 3.32. The highest BCUT2D eigenvalue weighted by Crippen LogP contribution is 2.32. The van der Waals surface area contributed by atoms with Crippen LogP contribution in [-0.4, -0.2) is 46.8 Å². The van der Waals surface area contributed by atoms with Crippen molar-refractivity contribution in [1.82, 2.24) is 9.29 Å². The Morgan fingerprint density at radius 3 is 2.46 bits per heavy atom. The maximum Gasteiger partial charge on any atom is 0.137 e. The van der Waals surface area contributed by atoms with Gasteiger partial charge < -0.3 is 9.64 Å². The number of anilines is 1. The summed E-state index contributed by atoms with van der Waals surface area (Å²) in [5.41, 5.74) is 0. The van der Waals surface area contributed by atoms with Gasteiger partial charge in [0.05, 0.1) is 7.11 Å². The second-order valence-corrected chi connectivity index (χ2v) is 7.59. The molecule has 3 aromatic rings. The Morgan fingerprint density at radius 2 is 1.73 bits per heavy atom.